The molecule has 2 N–H and O–H groups in total. The molecule has 0 radical (unpaired) electrons. The molecule has 0 spiro atoms. The lowest BCUT2D eigenvalue weighted by Crippen LogP contribution is -2.09. The number of anilines is 1. The largest absolute Gasteiger partial charge is 0.465 e. The fourth-order valence-electron chi connectivity index (χ4n) is 2.18. The van der Waals surface area contributed by atoms with Crippen LogP contribution in [-0.2, 0) is 0 Å². The van der Waals surface area contributed by atoms with E-state index in [9.17, 15) is 14.9 Å². The summed E-state index contributed by atoms with van der Waals surface area (Å²) in [4.78, 5) is 21.1. The van der Waals surface area contributed by atoms with Crippen molar-refractivity contribution in [2.45, 2.75) is 0 Å². The van der Waals surface area contributed by atoms with Gasteiger partial charge in [-0.2, -0.15) is 0 Å². The lowest BCUT2D eigenvalue weighted by Gasteiger charge is -2.04. The molecule has 0 unspecified atom stereocenters. The highest BCUT2D eigenvalue weighted by Crippen LogP contribution is 2.33. The number of carbonyl (C=O) groups is 1. The van der Waals surface area contributed by atoms with Crippen molar-refractivity contribution in [2.75, 3.05) is 5.32 Å². The van der Waals surface area contributed by atoms with Crippen LogP contribution < -0.4 is 5.32 Å². The maximum Gasteiger partial charge on any atom is 0.409 e. The van der Waals surface area contributed by atoms with Crippen molar-refractivity contribution >= 4 is 28.4 Å². The molecule has 22 heavy (non-hydrogen) atoms. The Morgan fingerprint density at radius 2 is 1.95 bits per heavy atom. The number of benzene rings is 2. The molecule has 0 bridgehead atoms. The summed E-state index contributed by atoms with van der Waals surface area (Å²) in [5, 5.41) is 22.7. The fourth-order valence-corrected chi connectivity index (χ4v) is 2.18. The van der Waals surface area contributed by atoms with Crippen LogP contribution >= 0.6 is 0 Å². The van der Waals surface area contributed by atoms with Gasteiger partial charge in [-0.15, -0.1) is 0 Å². The van der Waals surface area contributed by atoms with Gasteiger partial charge in [0.1, 0.15) is 17.0 Å². The summed E-state index contributed by atoms with van der Waals surface area (Å²) in [5.41, 5.74) is 0.754. The number of carboxylic acid groups (broad SMARTS) is 1. The first-order chi connectivity index (χ1) is 10.5. The Morgan fingerprint density at radius 1 is 1.18 bits per heavy atom. The number of nitrogens with zero attached hydrogens (tertiary/aromatic N) is 1. The number of para-hydroxylation sites is 1. The van der Waals surface area contributed by atoms with E-state index < -0.39 is 11.0 Å². The topological polar surface area (TPSA) is 106 Å². The number of furan rings is 1. The summed E-state index contributed by atoms with van der Waals surface area (Å²) < 4.78 is 5.65. The van der Waals surface area contributed by atoms with Crippen molar-refractivity contribution < 1.29 is 19.2 Å². The van der Waals surface area contributed by atoms with Gasteiger partial charge in [0.05, 0.1) is 4.92 Å². The van der Waals surface area contributed by atoms with Gasteiger partial charge in [0.2, 0.25) is 0 Å². The van der Waals surface area contributed by atoms with Crippen LogP contribution in [0.3, 0.4) is 0 Å². The Labute approximate surface area is 123 Å². The van der Waals surface area contributed by atoms with E-state index in [0.29, 0.717) is 16.9 Å². The van der Waals surface area contributed by atoms with Gasteiger partial charge in [0.25, 0.3) is 5.69 Å². The van der Waals surface area contributed by atoms with Gasteiger partial charge in [-0.3, -0.25) is 15.4 Å². The highest BCUT2D eigenvalue weighted by atomic mass is 16.6. The number of nitrogens with one attached hydrogen (secondary N) is 1. The number of nitro benzene ring substituents is 1. The van der Waals surface area contributed by atoms with Crippen LogP contribution in [0.15, 0.2) is 52.9 Å². The van der Waals surface area contributed by atoms with Gasteiger partial charge >= 0.3 is 6.09 Å². The van der Waals surface area contributed by atoms with E-state index in [1.54, 1.807) is 18.2 Å². The quantitative estimate of drug-likeness (QED) is 0.559. The molecule has 7 nitrogen and oxygen atoms in total. The molecular formula is C15H10N2O5. The molecule has 110 valence electrons. The first-order valence-corrected chi connectivity index (χ1v) is 6.32. The minimum Gasteiger partial charge on any atom is -0.465 e. The molecule has 2 aromatic carbocycles. The van der Waals surface area contributed by atoms with Gasteiger partial charge in [-0.25, -0.2) is 4.79 Å². The molecule has 0 aliphatic heterocycles. The number of amides is 1. The molecule has 0 aliphatic carbocycles. The SMILES string of the molecule is O=C(O)Nc1ccc(-c2cc3ccccc3o2)cc1[N+](=O)[O-]. The molecule has 3 aromatic rings. The average Bonchev–Trinajstić information content (AvgIpc) is 2.90. The third-order valence-electron chi connectivity index (χ3n) is 3.15. The smallest absolute Gasteiger partial charge is 0.409 e. The molecule has 3 rings (SSSR count). The molecule has 0 saturated carbocycles. The highest BCUT2D eigenvalue weighted by Gasteiger charge is 2.18. The van der Waals surface area contributed by atoms with E-state index in [1.807, 2.05) is 23.5 Å². The molecule has 1 aromatic heterocycles. The Bertz CT molecular complexity index is 852. The summed E-state index contributed by atoms with van der Waals surface area (Å²) in [6, 6.07) is 13.3. The molecule has 0 aliphatic rings. The summed E-state index contributed by atoms with van der Waals surface area (Å²) in [5.74, 6) is 0.478. The Morgan fingerprint density at radius 3 is 2.64 bits per heavy atom. The van der Waals surface area contributed by atoms with Crippen molar-refractivity contribution in [3.63, 3.8) is 0 Å². The predicted molar refractivity (Wildman–Crippen MR) is 80.0 cm³/mol. The molecule has 7 heteroatoms. The van der Waals surface area contributed by atoms with E-state index in [-0.39, 0.29) is 11.4 Å². The second kappa shape index (κ2) is 5.21. The number of fused-ring (bicyclic) bond motifs is 1. The van der Waals surface area contributed by atoms with Crippen LogP contribution in [0.5, 0.6) is 0 Å². The zero-order chi connectivity index (χ0) is 15.7. The molecule has 1 heterocycles. The van der Waals surface area contributed by atoms with Crippen LogP contribution in [0.2, 0.25) is 0 Å². The molecular weight excluding hydrogens is 288 g/mol. The minimum absolute atomic E-state index is 0.0858. The first kappa shape index (κ1) is 13.6. The first-order valence-electron chi connectivity index (χ1n) is 6.32. The number of hydrogen-bond acceptors (Lipinski definition) is 4. The zero-order valence-electron chi connectivity index (χ0n) is 11.1. The Kier molecular flexibility index (Phi) is 3.23. The standard InChI is InChI=1S/C15H10N2O5/c18-15(19)16-11-6-5-10(7-12(11)17(20)21)14-8-9-3-1-2-4-13(9)22-14/h1-8,16H,(H,18,19). The Balaban J connectivity index is 2.09. The van der Waals surface area contributed by atoms with Gasteiger partial charge in [-0.1, -0.05) is 18.2 Å². The highest BCUT2D eigenvalue weighted by molar-refractivity contribution is 5.88. The predicted octanol–water partition coefficient (Wildman–Crippen LogP) is 4.10. The van der Waals surface area contributed by atoms with Crippen LogP contribution in [0, 0.1) is 10.1 Å². The van der Waals surface area contributed by atoms with Crippen molar-refractivity contribution in [3.05, 3.63) is 58.6 Å². The van der Waals surface area contributed by atoms with Gasteiger partial charge in [-0.05, 0) is 24.3 Å². The summed E-state index contributed by atoms with van der Waals surface area (Å²) >= 11 is 0. The van der Waals surface area contributed by atoms with Crippen molar-refractivity contribution in [1.82, 2.24) is 0 Å². The van der Waals surface area contributed by atoms with E-state index in [1.165, 1.54) is 12.1 Å². The van der Waals surface area contributed by atoms with E-state index in [0.717, 1.165) is 5.39 Å². The maximum atomic E-state index is 11.1. The zero-order valence-corrected chi connectivity index (χ0v) is 11.1. The van der Waals surface area contributed by atoms with Crippen molar-refractivity contribution in [1.29, 1.82) is 0 Å². The van der Waals surface area contributed by atoms with Gasteiger partial charge in [0.15, 0.2) is 0 Å². The van der Waals surface area contributed by atoms with Crippen molar-refractivity contribution in [2.24, 2.45) is 0 Å². The minimum atomic E-state index is -1.36. The summed E-state index contributed by atoms with van der Waals surface area (Å²) in [7, 11) is 0. The van der Waals surface area contributed by atoms with E-state index in [4.69, 9.17) is 9.52 Å². The van der Waals surface area contributed by atoms with Crippen LogP contribution in [-0.4, -0.2) is 16.1 Å². The monoisotopic (exact) mass is 298 g/mol. The van der Waals surface area contributed by atoms with Gasteiger partial charge < -0.3 is 9.52 Å². The number of hydrogen-bond donors (Lipinski definition) is 2. The molecule has 0 saturated heterocycles. The summed E-state index contributed by atoms with van der Waals surface area (Å²) in [6.07, 6.45) is -1.36. The van der Waals surface area contributed by atoms with Crippen LogP contribution in [0.1, 0.15) is 0 Å². The van der Waals surface area contributed by atoms with Crippen LogP contribution in [0.25, 0.3) is 22.3 Å². The summed E-state index contributed by atoms with van der Waals surface area (Å²) in [6.45, 7) is 0. The van der Waals surface area contributed by atoms with E-state index >= 15 is 0 Å². The van der Waals surface area contributed by atoms with Crippen LogP contribution in [0.4, 0.5) is 16.2 Å². The third kappa shape index (κ3) is 2.47. The number of rotatable bonds is 3. The maximum absolute atomic E-state index is 11.1. The van der Waals surface area contributed by atoms with Crippen molar-refractivity contribution in [3.8, 4) is 11.3 Å². The third-order valence-corrected chi connectivity index (χ3v) is 3.15. The Hall–Kier alpha value is -3.35. The molecule has 1 amide bonds. The average molecular weight is 298 g/mol. The van der Waals surface area contributed by atoms with E-state index in [2.05, 4.69) is 0 Å². The molecule has 0 fully saturated rings. The lowest BCUT2D eigenvalue weighted by molar-refractivity contribution is -0.383. The fraction of sp³-hybridized carbons (Fsp3) is 0. The second-order valence-electron chi connectivity index (χ2n) is 4.57. The lowest BCUT2D eigenvalue weighted by atomic mass is 10.1. The molecule has 0 atom stereocenters. The normalized spacial score (nSPS) is 10.5. The second-order valence-corrected chi connectivity index (χ2v) is 4.57. The number of nitro groups is 1. The van der Waals surface area contributed by atoms with Gasteiger partial charge in [0, 0.05) is 17.0 Å².